The molecule has 0 bridgehead atoms. The van der Waals surface area contributed by atoms with E-state index in [9.17, 15) is 24.4 Å². The van der Waals surface area contributed by atoms with E-state index in [0.717, 1.165) is 4.90 Å². The highest BCUT2D eigenvalue weighted by Gasteiger charge is 2.32. The van der Waals surface area contributed by atoms with E-state index < -0.39 is 55.2 Å². The summed E-state index contributed by atoms with van der Waals surface area (Å²) in [5.41, 5.74) is 0.430. The number of ether oxygens (including phenoxy) is 2. The van der Waals surface area contributed by atoms with Crippen LogP contribution in [0.5, 0.6) is 0 Å². The van der Waals surface area contributed by atoms with Crippen LogP contribution in [0.1, 0.15) is 37.9 Å². The summed E-state index contributed by atoms with van der Waals surface area (Å²) in [6.45, 7) is 5.48. The fraction of sp³-hybridized carbons (Fsp3) is 0.476. The summed E-state index contributed by atoms with van der Waals surface area (Å²) in [6.07, 6.45) is -0.805. The third-order valence-corrected chi connectivity index (χ3v) is 4.02. The van der Waals surface area contributed by atoms with Gasteiger partial charge in [0.25, 0.3) is 0 Å². The van der Waals surface area contributed by atoms with Gasteiger partial charge in [0.15, 0.2) is 0 Å². The van der Waals surface area contributed by atoms with Crippen molar-refractivity contribution in [2.75, 3.05) is 26.7 Å². The first kappa shape index (κ1) is 25.4. The highest BCUT2D eigenvalue weighted by molar-refractivity contribution is 5.92. The molecule has 10 nitrogen and oxygen atoms in total. The summed E-state index contributed by atoms with van der Waals surface area (Å²) in [5, 5.41) is 14.0. The van der Waals surface area contributed by atoms with Crippen molar-refractivity contribution in [3.63, 3.8) is 0 Å². The number of nitrogens with zero attached hydrogens (tertiary/aromatic N) is 2. The van der Waals surface area contributed by atoms with Crippen LogP contribution in [0, 0.1) is 18.3 Å². The second-order valence-corrected chi connectivity index (χ2v) is 7.59. The first-order chi connectivity index (χ1) is 14.5. The zero-order chi connectivity index (χ0) is 23.6. The van der Waals surface area contributed by atoms with E-state index in [1.807, 2.05) is 6.07 Å². The average Bonchev–Trinajstić information content (AvgIpc) is 2.69. The Hall–Kier alpha value is -3.61. The molecule has 1 aromatic carbocycles. The summed E-state index contributed by atoms with van der Waals surface area (Å²) < 4.78 is 9.62. The molecule has 0 heterocycles. The van der Waals surface area contributed by atoms with E-state index in [0.29, 0.717) is 11.1 Å². The molecular formula is C21H28N4O6. The van der Waals surface area contributed by atoms with E-state index >= 15 is 0 Å². The first-order valence-electron chi connectivity index (χ1n) is 9.53. The molecule has 31 heavy (non-hydrogen) atoms. The fourth-order valence-corrected chi connectivity index (χ4v) is 2.64. The first-order valence-corrected chi connectivity index (χ1v) is 9.53. The zero-order valence-corrected chi connectivity index (χ0v) is 18.4. The predicted molar refractivity (Wildman–Crippen MR) is 111 cm³/mol. The van der Waals surface area contributed by atoms with E-state index in [2.05, 4.69) is 15.4 Å². The van der Waals surface area contributed by atoms with Crippen LogP contribution in [-0.2, 0) is 23.9 Å². The van der Waals surface area contributed by atoms with Crippen molar-refractivity contribution in [2.45, 2.75) is 39.3 Å². The molecule has 2 N–H and O–H groups in total. The maximum Gasteiger partial charge on any atom is 0.408 e. The molecule has 1 unspecified atom stereocenters. The number of nitrogens with one attached hydrogen (secondary N) is 2. The molecule has 0 fully saturated rings. The lowest BCUT2D eigenvalue weighted by Gasteiger charge is -2.30. The number of amides is 3. The number of alkyl carbamates (subject to hydrolysis) is 1. The molecule has 1 rings (SSSR count). The largest absolute Gasteiger partial charge is 0.468 e. The Balaban J connectivity index is 3.15. The van der Waals surface area contributed by atoms with Crippen LogP contribution >= 0.6 is 0 Å². The molecule has 0 aromatic heterocycles. The minimum atomic E-state index is -1.20. The van der Waals surface area contributed by atoms with Gasteiger partial charge in [-0.3, -0.25) is 14.4 Å². The van der Waals surface area contributed by atoms with Gasteiger partial charge in [0, 0.05) is 0 Å². The topological polar surface area (TPSA) is 138 Å². The minimum absolute atomic E-state index is 0.400. The molecule has 0 radical (unpaired) electrons. The number of esters is 1. The Labute approximate surface area is 181 Å². The quantitative estimate of drug-likeness (QED) is 0.465. The van der Waals surface area contributed by atoms with Crippen molar-refractivity contribution in [1.29, 1.82) is 5.26 Å². The maximum absolute atomic E-state index is 12.9. The number of methoxy groups -OCH3 is 1. The van der Waals surface area contributed by atoms with Crippen LogP contribution in [0.25, 0.3) is 0 Å². The molecule has 0 saturated carbocycles. The molecule has 1 atom stereocenters. The van der Waals surface area contributed by atoms with E-state index in [-0.39, 0.29) is 0 Å². The van der Waals surface area contributed by atoms with Crippen LogP contribution in [0.3, 0.4) is 0 Å². The molecule has 0 spiro atoms. The lowest BCUT2D eigenvalue weighted by Crippen LogP contribution is -2.48. The van der Waals surface area contributed by atoms with Gasteiger partial charge < -0.3 is 25.0 Å². The second kappa shape index (κ2) is 11.5. The molecule has 0 saturated heterocycles. The van der Waals surface area contributed by atoms with Crippen LogP contribution < -0.4 is 10.6 Å². The van der Waals surface area contributed by atoms with Gasteiger partial charge in [-0.25, -0.2) is 4.79 Å². The number of benzene rings is 1. The van der Waals surface area contributed by atoms with E-state index in [1.165, 1.54) is 7.11 Å². The van der Waals surface area contributed by atoms with Gasteiger partial charge in [-0.1, -0.05) is 24.3 Å². The van der Waals surface area contributed by atoms with Gasteiger partial charge in [0.1, 0.15) is 31.3 Å². The van der Waals surface area contributed by atoms with Gasteiger partial charge >= 0.3 is 12.1 Å². The number of rotatable bonds is 8. The molecule has 3 amide bonds. The maximum atomic E-state index is 12.9. The number of hydrogen-bond acceptors (Lipinski definition) is 7. The van der Waals surface area contributed by atoms with E-state index in [4.69, 9.17) is 4.74 Å². The molecule has 10 heteroatoms. The van der Waals surface area contributed by atoms with Crippen LogP contribution in [0.4, 0.5) is 4.79 Å². The van der Waals surface area contributed by atoms with Gasteiger partial charge in [-0.2, -0.15) is 5.26 Å². The normalized spacial score (nSPS) is 11.5. The molecule has 0 aliphatic heterocycles. The SMILES string of the molecule is COC(=O)CNC(=O)C(c1ccccc1C)N(CC#N)C(=O)CNC(=O)OC(C)(C)C. The molecule has 0 aliphatic carbocycles. The van der Waals surface area contributed by atoms with Crippen LogP contribution in [0.15, 0.2) is 24.3 Å². The van der Waals surface area contributed by atoms with Crippen LogP contribution in [-0.4, -0.2) is 61.1 Å². The molecule has 0 aliphatic rings. The number of carbonyl (C=O) groups excluding carboxylic acids is 4. The smallest absolute Gasteiger partial charge is 0.408 e. The Morgan fingerprint density at radius 3 is 2.32 bits per heavy atom. The van der Waals surface area contributed by atoms with Gasteiger partial charge in [-0.15, -0.1) is 0 Å². The van der Waals surface area contributed by atoms with Crippen molar-refractivity contribution in [3.8, 4) is 6.07 Å². The molecular weight excluding hydrogens is 404 g/mol. The highest BCUT2D eigenvalue weighted by Crippen LogP contribution is 2.24. The standard InChI is InChI=1S/C21H28N4O6/c1-14-8-6-7-9-15(14)18(19(28)23-13-17(27)30-5)25(11-10-22)16(26)12-24-20(29)31-21(2,3)4/h6-9,18H,11-13H2,1-5H3,(H,23,28)(H,24,29). The average molecular weight is 432 g/mol. The fourth-order valence-electron chi connectivity index (χ4n) is 2.64. The Morgan fingerprint density at radius 1 is 1.13 bits per heavy atom. The summed E-state index contributed by atoms with van der Waals surface area (Å²) in [7, 11) is 1.18. The highest BCUT2D eigenvalue weighted by atomic mass is 16.6. The van der Waals surface area contributed by atoms with Gasteiger partial charge in [0.2, 0.25) is 11.8 Å². The Bertz CT molecular complexity index is 856. The third-order valence-electron chi connectivity index (χ3n) is 4.02. The summed E-state index contributed by atoms with van der Waals surface area (Å²) in [6, 6.07) is 7.53. The number of nitriles is 1. The summed E-state index contributed by atoms with van der Waals surface area (Å²) >= 11 is 0. The van der Waals surface area contributed by atoms with Crippen molar-refractivity contribution in [2.24, 2.45) is 0 Å². The van der Waals surface area contributed by atoms with E-state index in [1.54, 1.807) is 52.0 Å². The number of hydrogen-bond donors (Lipinski definition) is 2. The second-order valence-electron chi connectivity index (χ2n) is 7.59. The van der Waals surface area contributed by atoms with Crippen molar-refractivity contribution >= 4 is 23.9 Å². The lowest BCUT2D eigenvalue weighted by molar-refractivity contribution is -0.143. The molecule has 1 aromatic rings. The lowest BCUT2D eigenvalue weighted by atomic mass is 9.99. The Kier molecular flexibility index (Phi) is 9.47. The minimum Gasteiger partial charge on any atom is -0.468 e. The number of aryl methyl sites for hydroxylation is 1. The number of carbonyl (C=O) groups is 4. The zero-order valence-electron chi connectivity index (χ0n) is 18.4. The Morgan fingerprint density at radius 2 is 1.77 bits per heavy atom. The summed E-state index contributed by atoms with van der Waals surface area (Å²) in [5.74, 6) is -2.00. The van der Waals surface area contributed by atoms with Gasteiger partial charge in [0.05, 0.1) is 13.2 Å². The third kappa shape index (κ3) is 8.34. The molecule has 168 valence electrons. The summed E-state index contributed by atoms with van der Waals surface area (Å²) in [4.78, 5) is 50.1. The monoisotopic (exact) mass is 432 g/mol. The van der Waals surface area contributed by atoms with Crippen molar-refractivity contribution < 1.29 is 28.7 Å². The predicted octanol–water partition coefficient (Wildman–Crippen LogP) is 1.20. The van der Waals surface area contributed by atoms with Gasteiger partial charge in [-0.05, 0) is 38.8 Å². The van der Waals surface area contributed by atoms with Crippen molar-refractivity contribution in [3.05, 3.63) is 35.4 Å². The van der Waals surface area contributed by atoms with Crippen molar-refractivity contribution in [1.82, 2.24) is 15.5 Å². The van der Waals surface area contributed by atoms with Crippen LogP contribution in [0.2, 0.25) is 0 Å².